The summed E-state index contributed by atoms with van der Waals surface area (Å²) in [6.45, 7) is 5.82. The molecule has 0 saturated carbocycles. The quantitative estimate of drug-likeness (QED) is 0.305. The molecule has 1 spiro atoms. The van der Waals surface area contributed by atoms with Crippen molar-refractivity contribution < 1.29 is 29.0 Å². The van der Waals surface area contributed by atoms with Gasteiger partial charge in [0.1, 0.15) is 23.2 Å². The Hall–Kier alpha value is -2.19. The first-order valence-corrected chi connectivity index (χ1v) is 13.4. The molecule has 4 aliphatic rings. The number of ether oxygens (including phenoxy) is 2. The van der Waals surface area contributed by atoms with Crippen LogP contribution >= 0.6 is 0 Å². The van der Waals surface area contributed by atoms with Gasteiger partial charge in [-0.1, -0.05) is 51.0 Å². The summed E-state index contributed by atoms with van der Waals surface area (Å²) in [5, 5.41) is 9.31. The number of carbonyl (C=O) groups excluding carboxylic acids is 3. The largest absolute Gasteiger partial charge is 0.465 e. The lowest BCUT2D eigenvalue weighted by Crippen LogP contribution is -2.56. The third-order valence-corrected chi connectivity index (χ3v) is 8.06. The van der Waals surface area contributed by atoms with Crippen LogP contribution in [-0.2, 0) is 23.9 Å². The van der Waals surface area contributed by atoms with Gasteiger partial charge in [-0.2, -0.15) is 0 Å². The Bertz CT molecular complexity index is 872. The molecule has 1 N–H and O–H groups in total. The molecule has 0 aromatic carbocycles. The molecule has 0 aliphatic carbocycles. The molecule has 2 fully saturated rings. The summed E-state index contributed by atoms with van der Waals surface area (Å²) in [5.74, 6) is -2.42. The molecule has 0 aromatic rings. The molecule has 8 heteroatoms. The van der Waals surface area contributed by atoms with Crippen molar-refractivity contribution in [3.05, 3.63) is 24.3 Å². The first-order valence-electron chi connectivity index (χ1n) is 13.4. The number of allylic oxidation sites excluding steroid dienone is 1. The Labute approximate surface area is 208 Å². The number of unbranched alkanes of at least 4 members (excludes halogenated alkanes) is 3. The van der Waals surface area contributed by atoms with E-state index in [0.717, 1.165) is 32.1 Å². The van der Waals surface area contributed by atoms with Crippen LogP contribution in [-0.4, -0.2) is 82.8 Å². The number of aliphatic hydroxyl groups excluding tert-OH is 1. The number of fused-ring (bicyclic) bond motifs is 2. The van der Waals surface area contributed by atoms with Gasteiger partial charge in [-0.3, -0.25) is 14.4 Å². The molecule has 0 radical (unpaired) electrons. The first-order chi connectivity index (χ1) is 17.0. The van der Waals surface area contributed by atoms with Crippen LogP contribution in [0.5, 0.6) is 0 Å². The topological polar surface area (TPSA) is 96.4 Å². The van der Waals surface area contributed by atoms with Crippen LogP contribution < -0.4 is 0 Å². The molecule has 1 unspecified atom stereocenters. The highest BCUT2D eigenvalue weighted by Gasteiger charge is 2.75. The van der Waals surface area contributed by atoms with Crippen molar-refractivity contribution in [3.8, 4) is 0 Å². The molecule has 35 heavy (non-hydrogen) atoms. The average molecular weight is 489 g/mol. The van der Waals surface area contributed by atoms with Crippen LogP contribution in [0.4, 0.5) is 0 Å². The monoisotopic (exact) mass is 488 g/mol. The number of hydrogen-bond donors (Lipinski definition) is 1. The third kappa shape index (κ3) is 4.44. The van der Waals surface area contributed by atoms with Crippen molar-refractivity contribution in [2.24, 2.45) is 11.8 Å². The maximum Gasteiger partial charge on any atom is 0.313 e. The number of likely N-dealkylation sites (tertiary alicyclic amines) is 1. The van der Waals surface area contributed by atoms with Gasteiger partial charge in [0.05, 0.1) is 12.5 Å². The summed E-state index contributed by atoms with van der Waals surface area (Å²) in [5.41, 5.74) is -2.23. The zero-order valence-electron chi connectivity index (χ0n) is 21.1. The minimum Gasteiger partial charge on any atom is -0.465 e. The van der Waals surface area contributed by atoms with E-state index < -0.39 is 35.0 Å². The lowest BCUT2D eigenvalue weighted by atomic mass is 9.73. The maximum absolute atomic E-state index is 14.1. The average Bonchev–Trinajstić information content (AvgIpc) is 3.22. The number of aliphatic hydroxyl groups is 1. The molecule has 2 amide bonds. The summed E-state index contributed by atoms with van der Waals surface area (Å²) < 4.78 is 12.5. The van der Waals surface area contributed by atoms with Crippen LogP contribution in [0.15, 0.2) is 24.3 Å². The van der Waals surface area contributed by atoms with Gasteiger partial charge in [0.25, 0.3) is 0 Å². The van der Waals surface area contributed by atoms with E-state index in [4.69, 9.17) is 9.47 Å². The van der Waals surface area contributed by atoms with Crippen molar-refractivity contribution in [1.29, 1.82) is 0 Å². The molecule has 194 valence electrons. The molecule has 0 bridgehead atoms. The molecule has 4 rings (SSSR count). The number of hydrogen-bond acceptors (Lipinski definition) is 6. The molecule has 2 saturated heterocycles. The molecule has 5 atom stereocenters. The fourth-order valence-corrected chi connectivity index (χ4v) is 6.31. The summed E-state index contributed by atoms with van der Waals surface area (Å²) in [7, 11) is 0. The van der Waals surface area contributed by atoms with Crippen LogP contribution in [0.25, 0.3) is 0 Å². The van der Waals surface area contributed by atoms with E-state index in [0.29, 0.717) is 45.5 Å². The maximum atomic E-state index is 14.1. The first kappa shape index (κ1) is 25.9. The number of cyclic esters (lactones) is 1. The van der Waals surface area contributed by atoms with E-state index in [2.05, 4.69) is 6.92 Å². The predicted octanol–water partition coefficient (Wildman–Crippen LogP) is 2.60. The number of carbonyl (C=O) groups is 3. The van der Waals surface area contributed by atoms with E-state index in [9.17, 15) is 19.5 Å². The van der Waals surface area contributed by atoms with Gasteiger partial charge >= 0.3 is 5.97 Å². The van der Waals surface area contributed by atoms with Gasteiger partial charge < -0.3 is 24.4 Å². The normalized spacial score (nSPS) is 35.5. The number of amides is 2. The molecule has 0 aromatic heterocycles. The summed E-state index contributed by atoms with van der Waals surface area (Å²) in [6.07, 6.45) is 13.8. The van der Waals surface area contributed by atoms with Gasteiger partial charge in [0, 0.05) is 26.2 Å². The Kier molecular flexibility index (Phi) is 8.01. The molecule has 8 nitrogen and oxygen atoms in total. The van der Waals surface area contributed by atoms with E-state index in [1.165, 1.54) is 0 Å². The Morgan fingerprint density at radius 3 is 2.54 bits per heavy atom. The zero-order chi connectivity index (χ0) is 25.1. The van der Waals surface area contributed by atoms with Gasteiger partial charge in [-0.15, -0.1) is 0 Å². The van der Waals surface area contributed by atoms with Crippen molar-refractivity contribution >= 4 is 17.8 Å². The van der Waals surface area contributed by atoms with Crippen LogP contribution in [0.1, 0.15) is 65.2 Å². The van der Waals surface area contributed by atoms with E-state index in [1.807, 2.05) is 36.1 Å². The summed E-state index contributed by atoms with van der Waals surface area (Å²) in [4.78, 5) is 45.0. The number of nitrogens with zero attached hydrogens (tertiary/aromatic N) is 2. The second-order valence-electron chi connectivity index (χ2n) is 10.2. The predicted molar refractivity (Wildman–Crippen MR) is 130 cm³/mol. The fraction of sp³-hybridized carbons (Fsp3) is 0.741. The standard InChI is InChI=1S/C27H40N2O6/c1-3-5-8-15-28-16-12-14-27-20(23(31)29(17-9-10-18-30)22(27)24(28)32)21-25(33)34-19-11-6-7-13-26(21,4-2)35-27/h7,12-14,20-22,30H,3-6,8-11,15-19H2,1-2H3/b13-7-/t20-,21-,22?,26+,27-/m0/s1. The minimum absolute atomic E-state index is 0.0213. The number of rotatable bonds is 9. The van der Waals surface area contributed by atoms with Crippen LogP contribution in [0.2, 0.25) is 0 Å². The van der Waals surface area contributed by atoms with Crippen molar-refractivity contribution in [2.75, 3.05) is 32.8 Å². The number of esters is 1. The molecule has 4 heterocycles. The highest BCUT2D eigenvalue weighted by molar-refractivity contribution is 5.99. The van der Waals surface area contributed by atoms with Gasteiger partial charge in [-0.25, -0.2) is 0 Å². The van der Waals surface area contributed by atoms with Crippen LogP contribution in [0, 0.1) is 11.8 Å². The van der Waals surface area contributed by atoms with E-state index in [1.54, 1.807) is 4.90 Å². The Balaban J connectivity index is 1.79. The SMILES string of the molecule is CCCCCN1CC=C[C@]23O[C@]4(CC)/C=C\CCCOC(=O)[C@@H]4[C@H]2C(=O)N(CCCCO)C3C1=O. The zero-order valence-corrected chi connectivity index (χ0v) is 21.1. The Morgan fingerprint density at radius 1 is 1.00 bits per heavy atom. The smallest absolute Gasteiger partial charge is 0.313 e. The Morgan fingerprint density at radius 2 is 1.80 bits per heavy atom. The lowest BCUT2D eigenvalue weighted by Gasteiger charge is -2.38. The molecule has 4 aliphatic heterocycles. The second kappa shape index (κ2) is 10.8. The minimum atomic E-state index is -1.23. The lowest BCUT2D eigenvalue weighted by molar-refractivity contribution is -0.161. The van der Waals surface area contributed by atoms with Gasteiger partial charge in [0.2, 0.25) is 11.8 Å². The summed E-state index contributed by atoms with van der Waals surface area (Å²) >= 11 is 0. The van der Waals surface area contributed by atoms with Gasteiger partial charge in [-0.05, 0) is 38.5 Å². The second-order valence-corrected chi connectivity index (χ2v) is 10.2. The van der Waals surface area contributed by atoms with E-state index in [-0.39, 0.29) is 18.4 Å². The fourth-order valence-electron chi connectivity index (χ4n) is 6.31. The van der Waals surface area contributed by atoms with Crippen molar-refractivity contribution in [3.63, 3.8) is 0 Å². The van der Waals surface area contributed by atoms with Crippen LogP contribution in [0.3, 0.4) is 0 Å². The molecular formula is C27H40N2O6. The summed E-state index contributed by atoms with van der Waals surface area (Å²) in [6, 6.07) is -0.834. The van der Waals surface area contributed by atoms with Gasteiger partial charge in [0.15, 0.2) is 0 Å². The van der Waals surface area contributed by atoms with Crippen molar-refractivity contribution in [2.45, 2.75) is 82.5 Å². The highest BCUT2D eigenvalue weighted by Crippen LogP contribution is 2.58. The van der Waals surface area contributed by atoms with E-state index >= 15 is 0 Å². The highest BCUT2D eigenvalue weighted by atomic mass is 16.6. The molecular weight excluding hydrogens is 448 g/mol. The third-order valence-electron chi connectivity index (χ3n) is 8.06. The van der Waals surface area contributed by atoms with Crippen molar-refractivity contribution in [1.82, 2.24) is 9.80 Å².